The zero-order valence-electron chi connectivity index (χ0n) is 19.1. The predicted molar refractivity (Wildman–Crippen MR) is 129 cm³/mol. The molecule has 0 radical (unpaired) electrons. The zero-order chi connectivity index (χ0) is 22.2. The minimum absolute atomic E-state index is 0.0884. The molecule has 1 aromatic heterocycles. The third kappa shape index (κ3) is 3.18. The van der Waals surface area contributed by atoms with Crippen molar-refractivity contribution in [3.8, 4) is 0 Å². The highest BCUT2D eigenvalue weighted by molar-refractivity contribution is 7.87. The molecule has 3 fully saturated rings. The standard InChI is InChI=1S/C26H32N4O2S/c31-16-25(8-1-9-25)29-23-22-21(15-26(10-11-26)33(22)32)27-24(28-23)30-12-6-18(7-13-30)20-5-3-17-2-4-19(17)14-20/h3,5,14,18,31H,1-2,4,6-13,15-16H2,(H,27,28,29). The fourth-order valence-corrected chi connectivity index (χ4v) is 7.95. The van der Waals surface area contributed by atoms with Crippen molar-refractivity contribution in [3.63, 3.8) is 0 Å². The van der Waals surface area contributed by atoms with Crippen LogP contribution >= 0.6 is 0 Å². The number of aliphatic hydroxyl groups is 1. The van der Waals surface area contributed by atoms with Crippen LogP contribution in [0.1, 0.15) is 73.2 Å². The molecule has 2 saturated carbocycles. The fourth-order valence-electron chi connectivity index (χ4n) is 6.17. The average molecular weight is 465 g/mol. The summed E-state index contributed by atoms with van der Waals surface area (Å²) in [6.07, 6.45) is 10.5. The van der Waals surface area contributed by atoms with E-state index in [0.717, 1.165) is 86.8 Å². The highest BCUT2D eigenvalue weighted by Gasteiger charge is 2.56. The maximum atomic E-state index is 13.3. The average Bonchev–Trinajstić information content (AvgIpc) is 3.51. The number of rotatable bonds is 5. The van der Waals surface area contributed by atoms with Crippen molar-refractivity contribution in [2.45, 2.75) is 85.3 Å². The Kier molecular flexibility index (Phi) is 4.48. The predicted octanol–water partition coefficient (Wildman–Crippen LogP) is 3.48. The van der Waals surface area contributed by atoms with E-state index in [1.165, 1.54) is 24.0 Å². The largest absolute Gasteiger partial charge is 0.394 e. The number of aliphatic hydroxyl groups excluding tert-OH is 1. The van der Waals surface area contributed by atoms with Crippen LogP contribution < -0.4 is 10.2 Å². The molecule has 1 aromatic carbocycles. The molecule has 3 heterocycles. The van der Waals surface area contributed by atoms with Gasteiger partial charge in [0.25, 0.3) is 0 Å². The first kappa shape index (κ1) is 20.4. The molecule has 1 atom stereocenters. The van der Waals surface area contributed by atoms with Gasteiger partial charge in [0.15, 0.2) is 0 Å². The van der Waals surface area contributed by atoms with Crippen LogP contribution in [0.4, 0.5) is 11.8 Å². The summed E-state index contributed by atoms with van der Waals surface area (Å²) in [5, 5.41) is 13.6. The number of benzene rings is 1. The van der Waals surface area contributed by atoms with Gasteiger partial charge in [-0.1, -0.05) is 18.2 Å². The van der Waals surface area contributed by atoms with E-state index < -0.39 is 10.8 Å². The number of nitrogens with one attached hydrogen (secondary N) is 1. The van der Waals surface area contributed by atoms with Crippen molar-refractivity contribution >= 4 is 22.6 Å². The summed E-state index contributed by atoms with van der Waals surface area (Å²) in [6.45, 7) is 1.98. The monoisotopic (exact) mass is 464 g/mol. The van der Waals surface area contributed by atoms with Gasteiger partial charge in [0, 0.05) is 19.5 Å². The molecular formula is C26H32N4O2S. The summed E-state index contributed by atoms with van der Waals surface area (Å²) < 4.78 is 13.2. The summed E-state index contributed by atoms with van der Waals surface area (Å²) in [6, 6.07) is 7.10. The molecule has 3 aliphatic carbocycles. The Morgan fingerprint density at radius 3 is 2.48 bits per heavy atom. The van der Waals surface area contributed by atoms with E-state index in [0.29, 0.717) is 5.92 Å². The van der Waals surface area contributed by atoms with Crippen LogP contribution in [0.2, 0.25) is 0 Å². The second-order valence-corrected chi connectivity index (χ2v) is 12.8. The number of aryl methyl sites for hydroxylation is 2. The fraction of sp³-hybridized carbons (Fsp3) is 0.615. The Morgan fingerprint density at radius 1 is 1.09 bits per heavy atom. The molecule has 2 aliphatic heterocycles. The highest BCUT2D eigenvalue weighted by Crippen LogP contribution is 2.54. The Hall–Kier alpha value is -1.99. The van der Waals surface area contributed by atoms with E-state index >= 15 is 0 Å². The number of anilines is 2. The summed E-state index contributed by atoms with van der Waals surface area (Å²) in [5.41, 5.74) is 5.22. The van der Waals surface area contributed by atoms with Crippen molar-refractivity contribution in [1.82, 2.24) is 9.97 Å². The van der Waals surface area contributed by atoms with Crippen molar-refractivity contribution in [2.24, 2.45) is 0 Å². The van der Waals surface area contributed by atoms with Crippen LogP contribution in [0.15, 0.2) is 23.1 Å². The Bertz CT molecular complexity index is 1140. The lowest BCUT2D eigenvalue weighted by Crippen LogP contribution is -2.49. The van der Waals surface area contributed by atoms with Crippen LogP contribution in [0.3, 0.4) is 0 Å². The van der Waals surface area contributed by atoms with Gasteiger partial charge >= 0.3 is 0 Å². The van der Waals surface area contributed by atoms with Gasteiger partial charge < -0.3 is 15.3 Å². The van der Waals surface area contributed by atoms with Crippen molar-refractivity contribution < 1.29 is 9.32 Å². The molecule has 33 heavy (non-hydrogen) atoms. The minimum atomic E-state index is -1.05. The first-order valence-electron chi connectivity index (χ1n) is 12.7. The van der Waals surface area contributed by atoms with Gasteiger partial charge in [-0.05, 0) is 80.4 Å². The number of fused-ring (bicyclic) bond motifs is 2. The van der Waals surface area contributed by atoms with Gasteiger partial charge in [-0.15, -0.1) is 0 Å². The molecule has 7 heteroatoms. The van der Waals surface area contributed by atoms with E-state index in [1.54, 1.807) is 5.56 Å². The summed E-state index contributed by atoms with van der Waals surface area (Å²) in [4.78, 5) is 13.1. The van der Waals surface area contributed by atoms with E-state index in [1.807, 2.05) is 0 Å². The molecule has 6 nitrogen and oxygen atoms in total. The van der Waals surface area contributed by atoms with Gasteiger partial charge in [0.05, 0.1) is 33.4 Å². The van der Waals surface area contributed by atoms with Crippen LogP contribution in [-0.4, -0.2) is 49.3 Å². The Labute approximate surface area is 197 Å². The summed E-state index contributed by atoms with van der Waals surface area (Å²) >= 11 is 0. The molecule has 1 unspecified atom stereocenters. The van der Waals surface area contributed by atoms with Crippen molar-refractivity contribution in [2.75, 3.05) is 29.9 Å². The van der Waals surface area contributed by atoms with E-state index in [2.05, 4.69) is 28.4 Å². The molecule has 0 bridgehead atoms. The normalized spacial score (nSPS) is 26.3. The van der Waals surface area contributed by atoms with E-state index in [4.69, 9.17) is 9.97 Å². The summed E-state index contributed by atoms with van der Waals surface area (Å²) in [7, 11) is -1.05. The maximum absolute atomic E-state index is 13.3. The molecule has 174 valence electrons. The Balaban J connectivity index is 1.15. The molecule has 7 rings (SSSR count). The zero-order valence-corrected chi connectivity index (χ0v) is 19.9. The number of hydrogen-bond acceptors (Lipinski definition) is 6. The van der Waals surface area contributed by atoms with Crippen LogP contribution in [0, 0.1) is 0 Å². The lowest BCUT2D eigenvalue weighted by atomic mass is 9.77. The van der Waals surface area contributed by atoms with Gasteiger partial charge in [-0.25, -0.2) is 4.98 Å². The molecule has 1 spiro atoms. The van der Waals surface area contributed by atoms with Gasteiger partial charge in [-0.3, -0.25) is 4.21 Å². The number of nitrogens with zero attached hydrogens (tertiary/aromatic N) is 3. The minimum Gasteiger partial charge on any atom is -0.394 e. The third-order valence-corrected chi connectivity index (χ3v) is 11.1. The quantitative estimate of drug-likeness (QED) is 0.705. The maximum Gasteiger partial charge on any atom is 0.227 e. The lowest BCUT2D eigenvalue weighted by molar-refractivity contribution is 0.143. The second kappa shape index (κ2) is 7.25. The van der Waals surface area contributed by atoms with E-state index in [9.17, 15) is 9.32 Å². The van der Waals surface area contributed by atoms with Crippen LogP contribution in [0.25, 0.3) is 0 Å². The number of hydrogen-bond donors (Lipinski definition) is 2. The molecule has 2 aromatic rings. The van der Waals surface area contributed by atoms with Crippen LogP contribution in [-0.2, 0) is 30.1 Å². The highest BCUT2D eigenvalue weighted by atomic mass is 32.2. The lowest BCUT2D eigenvalue weighted by Gasteiger charge is -2.42. The first-order valence-corrected chi connectivity index (χ1v) is 13.8. The molecule has 1 saturated heterocycles. The SMILES string of the molecule is O=S1c2c(nc(N3CCC(c4ccc5c(c4)CC5)CC3)nc2NC2(CO)CCC2)CC12CC2. The smallest absolute Gasteiger partial charge is 0.227 e. The number of piperidine rings is 1. The van der Waals surface area contributed by atoms with Gasteiger partial charge in [-0.2, -0.15) is 4.98 Å². The van der Waals surface area contributed by atoms with Gasteiger partial charge in [0.1, 0.15) is 10.7 Å². The Morgan fingerprint density at radius 2 is 1.88 bits per heavy atom. The molecule has 5 aliphatic rings. The van der Waals surface area contributed by atoms with Crippen molar-refractivity contribution in [1.29, 1.82) is 0 Å². The van der Waals surface area contributed by atoms with E-state index in [-0.39, 0.29) is 16.9 Å². The molecule has 0 amide bonds. The third-order valence-electron chi connectivity index (χ3n) is 8.94. The van der Waals surface area contributed by atoms with Crippen LogP contribution in [0.5, 0.6) is 0 Å². The first-order chi connectivity index (χ1) is 16.1. The molecule has 2 N–H and O–H groups in total. The number of aromatic nitrogens is 2. The topological polar surface area (TPSA) is 78.4 Å². The second-order valence-electron chi connectivity index (χ2n) is 11.0. The van der Waals surface area contributed by atoms with Crippen molar-refractivity contribution in [3.05, 3.63) is 40.6 Å². The van der Waals surface area contributed by atoms with Gasteiger partial charge in [0.2, 0.25) is 5.95 Å². The summed E-state index contributed by atoms with van der Waals surface area (Å²) in [5.74, 6) is 2.10. The molecular weight excluding hydrogens is 432 g/mol.